The average molecular weight is 367 g/mol. The van der Waals surface area contributed by atoms with Gasteiger partial charge in [0.25, 0.3) is 5.91 Å². The van der Waals surface area contributed by atoms with E-state index in [1.807, 2.05) is 50.2 Å². The molecule has 5 heteroatoms. The summed E-state index contributed by atoms with van der Waals surface area (Å²) in [6.45, 7) is 5.08. The maximum Gasteiger partial charge on any atom is 0.289 e. The number of amides is 1. The molecule has 3 aromatic rings. The van der Waals surface area contributed by atoms with Crippen molar-refractivity contribution in [2.75, 3.05) is 27.3 Å². The number of carbonyl (C=O) groups is 1. The lowest BCUT2D eigenvalue weighted by atomic mass is 10.1. The highest BCUT2D eigenvalue weighted by molar-refractivity contribution is 5.99. The minimum Gasteiger partial charge on any atom is -0.497 e. The zero-order valence-electron chi connectivity index (χ0n) is 16.2. The van der Waals surface area contributed by atoms with E-state index in [1.54, 1.807) is 25.1 Å². The van der Waals surface area contributed by atoms with Crippen LogP contribution in [-0.2, 0) is 0 Å². The van der Waals surface area contributed by atoms with Gasteiger partial charge in [-0.15, -0.1) is 0 Å². The molecule has 0 spiro atoms. The van der Waals surface area contributed by atoms with Gasteiger partial charge in [-0.25, -0.2) is 0 Å². The number of rotatable bonds is 7. The monoisotopic (exact) mass is 367 g/mol. The Morgan fingerprint density at radius 3 is 2.67 bits per heavy atom. The molecule has 5 nitrogen and oxygen atoms in total. The molecule has 0 unspecified atom stereocenters. The van der Waals surface area contributed by atoms with E-state index in [-0.39, 0.29) is 5.91 Å². The van der Waals surface area contributed by atoms with Crippen molar-refractivity contribution in [1.29, 1.82) is 0 Å². The Bertz CT molecular complexity index is 945. The number of hydrogen-bond acceptors (Lipinski definition) is 4. The Morgan fingerprint density at radius 1 is 1.11 bits per heavy atom. The molecule has 0 bridgehead atoms. The molecule has 0 N–H and O–H groups in total. The third kappa shape index (κ3) is 4.25. The van der Waals surface area contributed by atoms with Gasteiger partial charge in [0.05, 0.1) is 13.7 Å². The summed E-state index contributed by atoms with van der Waals surface area (Å²) in [4.78, 5) is 14.4. The highest BCUT2D eigenvalue weighted by Gasteiger charge is 2.21. The SMILES string of the molecule is COc1ccc2c(C)c(C(=O)N(C)CCCOc3cccc(C)c3)oc2c1. The number of nitrogens with zero attached hydrogens (tertiary/aromatic N) is 1. The van der Waals surface area contributed by atoms with Crippen LogP contribution in [0.2, 0.25) is 0 Å². The van der Waals surface area contributed by atoms with E-state index in [1.165, 1.54) is 0 Å². The van der Waals surface area contributed by atoms with Crippen LogP contribution < -0.4 is 9.47 Å². The van der Waals surface area contributed by atoms with Crippen molar-refractivity contribution in [2.45, 2.75) is 20.3 Å². The van der Waals surface area contributed by atoms with Gasteiger partial charge in [-0.2, -0.15) is 0 Å². The van der Waals surface area contributed by atoms with Crippen molar-refractivity contribution in [1.82, 2.24) is 4.90 Å². The second-order valence-corrected chi connectivity index (χ2v) is 6.66. The Balaban J connectivity index is 1.60. The Kier molecular flexibility index (Phi) is 5.69. The van der Waals surface area contributed by atoms with Gasteiger partial charge in [0.1, 0.15) is 17.1 Å². The van der Waals surface area contributed by atoms with Crippen LogP contribution in [0.15, 0.2) is 46.9 Å². The van der Waals surface area contributed by atoms with E-state index < -0.39 is 0 Å². The number of aryl methyl sites for hydroxylation is 2. The van der Waals surface area contributed by atoms with Gasteiger partial charge < -0.3 is 18.8 Å². The zero-order chi connectivity index (χ0) is 19.4. The minimum absolute atomic E-state index is 0.127. The predicted molar refractivity (Wildman–Crippen MR) is 106 cm³/mol. The molecule has 0 atom stereocenters. The molecule has 0 radical (unpaired) electrons. The molecule has 0 saturated heterocycles. The van der Waals surface area contributed by atoms with Crippen LogP contribution in [0.1, 0.15) is 28.1 Å². The summed E-state index contributed by atoms with van der Waals surface area (Å²) in [5, 5.41) is 0.926. The van der Waals surface area contributed by atoms with Crippen LogP contribution in [0.25, 0.3) is 11.0 Å². The third-order valence-corrected chi connectivity index (χ3v) is 4.58. The first-order valence-electron chi connectivity index (χ1n) is 9.01. The Hall–Kier alpha value is -2.95. The molecule has 0 saturated carbocycles. The summed E-state index contributed by atoms with van der Waals surface area (Å²) < 4.78 is 16.8. The minimum atomic E-state index is -0.127. The number of methoxy groups -OCH3 is 1. The Labute approximate surface area is 159 Å². The fourth-order valence-electron chi connectivity index (χ4n) is 3.01. The maximum absolute atomic E-state index is 12.8. The van der Waals surface area contributed by atoms with Gasteiger partial charge in [0.2, 0.25) is 0 Å². The van der Waals surface area contributed by atoms with E-state index in [2.05, 4.69) is 0 Å². The second-order valence-electron chi connectivity index (χ2n) is 6.66. The lowest BCUT2D eigenvalue weighted by Gasteiger charge is -2.16. The molecular weight excluding hydrogens is 342 g/mol. The third-order valence-electron chi connectivity index (χ3n) is 4.58. The van der Waals surface area contributed by atoms with E-state index in [4.69, 9.17) is 13.9 Å². The second kappa shape index (κ2) is 8.16. The quantitative estimate of drug-likeness (QED) is 0.573. The molecular formula is C22H25NO4. The van der Waals surface area contributed by atoms with Gasteiger partial charge >= 0.3 is 0 Å². The van der Waals surface area contributed by atoms with Crippen LogP contribution in [0.3, 0.4) is 0 Å². The molecule has 0 aliphatic heterocycles. The van der Waals surface area contributed by atoms with Crippen LogP contribution in [0.5, 0.6) is 11.5 Å². The van der Waals surface area contributed by atoms with Crippen molar-refractivity contribution in [3.63, 3.8) is 0 Å². The molecule has 142 valence electrons. The van der Waals surface area contributed by atoms with Crippen molar-refractivity contribution in [3.05, 3.63) is 59.4 Å². The lowest BCUT2D eigenvalue weighted by molar-refractivity contribution is 0.0758. The van der Waals surface area contributed by atoms with Gasteiger partial charge in [-0.3, -0.25) is 4.79 Å². The molecule has 3 rings (SSSR count). The number of benzene rings is 2. The van der Waals surface area contributed by atoms with Crippen LogP contribution >= 0.6 is 0 Å². The molecule has 1 heterocycles. The summed E-state index contributed by atoms with van der Waals surface area (Å²) in [5.74, 6) is 1.81. The van der Waals surface area contributed by atoms with E-state index in [0.29, 0.717) is 30.2 Å². The first kappa shape index (κ1) is 18.8. The molecule has 1 amide bonds. The number of carbonyl (C=O) groups excluding carboxylic acids is 1. The largest absolute Gasteiger partial charge is 0.497 e. The zero-order valence-corrected chi connectivity index (χ0v) is 16.2. The van der Waals surface area contributed by atoms with E-state index in [0.717, 1.165) is 28.7 Å². The standard InChI is InChI=1S/C22H25NO4/c1-15-7-5-8-18(13-15)26-12-6-11-23(3)22(24)21-16(2)19-10-9-17(25-4)14-20(19)27-21/h5,7-10,13-14H,6,11-12H2,1-4H3. The van der Waals surface area contributed by atoms with E-state index >= 15 is 0 Å². The molecule has 1 aromatic heterocycles. The number of hydrogen-bond donors (Lipinski definition) is 0. The first-order valence-corrected chi connectivity index (χ1v) is 9.01. The van der Waals surface area contributed by atoms with Gasteiger partial charge in [0.15, 0.2) is 5.76 Å². The molecule has 0 fully saturated rings. The number of fused-ring (bicyclic) bond motifs is 1. The summed E-state index contributed by atoms with van der Waals surface area (Å²) >= 11 is 0. The summed E-state index contributed by atoms with van der Waals surface area (Å²) in [7, 11) is 3.39. The highest BCUT2D eigenvalue weighted by atomic mass is 16.5. The number of furan rings is 1. The fourth-order valence-corrected chi connectivity index (χ4v) is 3.01. The van der Waals surface area contributed by atoms with Crippen molar-refractivity contribution >= 4 is 16.9 Å². The van der Waals surface area contributed by atoms with Gasteiger partial charge in [-0.1, -0.05) is 12.1 Å². The van der Waals surface area contributed by atoms with Crippen molar-refractivity contribution < 1.29 is 18.7 Å². The van der Waals surface area contributed by atoms with Crippen LogP contribution in [0, 0.1) is 13.8 Å². The first-order chi connectivity index (χ1) is 13.0. The van der Waals surface area contributed by atoms with Crippen LogP contribution in [0.4, 0.5) is 0 Å². The summed E-state index contributed by atoms with van der Waals surface area (Å²) in [6, 6.07) is 13.5. The smallest absolute Gasteiger partial charge is 0.289 e. The number of ether oxygens (including phenoxy) is 2. The van der Waals surface area contributed by atoms with Crippen molar-refractivity contribution in [2.24, 2.45) is 0 Å². The molecule has 2 aromatic carbocycles. The molecule has 0 aliphatic rings. The molecule has 27 heavy (non-hydrogen) atoms. The predicted octanol–water partition coefficient (Wildman–Crippen LogP) is 4.60. The highest BCUT2D eigenvalue weighted by Crippen LogP contribution is 2.29. The Morgan fingerprint density at radius 2 is 1.93 bits per heavy atom. The fraction of sp³-hybridized carbons (Fsp3) is 0.318. The van der Waals surface area contributed by atoms with Gasteiger partial charge in [0, 0.05) is 30.6 Å². The van der Waals surface area contributed by atoms with Crippen LogP contribution in [-0.4, -0.2) is 38.1 Å². The molecule has 0 aliphatic carbocycles. The summed E-state index contributed by atoms with van der Waals surface area (Å²) in [6.07, 6.45) is 0.739. The van der Waals surface area contributed by atoms with Crippen molar-refractivity contribution in [3.8, 4) is 11.5 Å². The normalized spacial score (nSPS) is 10.8. The lowest BCUT2D eigenvalue weighted by Crippen LogP contribution is -2.28. The average Bonchev–Trinajstić information content (AvgIpc) is 3.00. The summed E-state index contributed by atoms with van der Waals surface area (Å²) in [5.41, 5.74) is 2.67. The van der Waals surface area contributed by atoms with Gasteiger partial charge in [-0.05, 0) is 50.1 Å². The topological polar surface area (TPSA) is 51.9 Å². The maximum atomic E-state index is 12.8. The van der Waals surface area contributed by atoms with E-state index in [9.17, 15) is 4.79 Å².